The minimum absolute atomic E-state index is 0.182. The van der Waals surface area contributed by atoms with Crippen molar-refractivity contribution >= 4 is 17.5 Å². The first kappa shape index (κ1) is 15.3. The van der Waals surface area contributed by atoms with Gasteiger partial charge in [0.2, 0.25) is 11.9 Å². The second-order valence-electron chi connectivity index (χ2n) is 5.62. The summed E-state index contributed by atoms with van der Waals surface area (Å²) in [5.74, 6) is 0.915. The fourth-order valence-corrected chi connectivity index (χ4v) is 2.77. The Morgan fingerprint density at radius 1 is 1.04 bits per heavy atom. The average molecular weight is 311 g/mol. The molecule has 1 aliphatic rings. The number of hydrogen-bond acceptors (Lipinski definition) is 5. The van der Waals surface area contributed by atoms with Crippen molar-refractivity contribution in [3.8, 4) is 0 Å². The van der Waals surface area contributed by atoms with Crippen molar-refractivity contribution in [1.29, 1.82) is 0 Å². The highest BCUT2D eigenvalue weighted by molar-refractivity contribution is 5.77. The van der Waals surface area contributed by atoms with Gasteiger partial charge in [0.05, 0.1) is 0 Å². The maximum absolute atomic E-state index is 12.4. The van der Waals surface area contributed by atoms with Gasteiger partial charge in [0, 0.05) is 50.7 Å². The highest BCUT2D eigenvalue weighted by atomic mass is 16.2. The molecular weight excluding hydrogens is 290 g/mol. The number of benzene rings is 1. The number of nitrogens with zero attached hydrogens (tertiary/aromatic N) is 4. The molecule has 0 spiro atoms. The van der Waals surface area contributed by atoms with E-state index < -0.39 is 0 Å². The summed E-state index contributed by atoms with van der Waals surface area (Å²) in [5, 5.41) is 0. The molecule has 6 nitrogen and oxygen atoms in total. The Balaban J connectivity index is 1.50. The van der Waals surface area contributed by atoms with Crippen molar-refractivity contribution in [2.45, 2.75) is 12.8 Å². The zero-order valence-electron chi connectivity index (χ0n) is 13.1. The normalized spacial score (nSPS) is 14.8. The minimum atomic E-state index is 0.182. The van der Waals surface area contributed by atoms with Gasteiger partial charge in [-0.15, -0.1) is 0 Å². The molecule has 0 aliphatic carbocycles. The van der Waals surface area contributed by atoms with E-state index in [0.29, 0.717) is 25.9 Å². The Bertz CT molecular complexity index is 653. The van der Waals surface area contributed by atoms with Gasteiger partial charge < -0.3 is 15.5 Å². The molecule has 1 amide bonds. The third-order valence-corrected chi connectivity index (χ3v) is 4.13. The van der Waals surface area contributed by atoms with Crippen LogP contribution in [0.25, 0.3) is 0 Å². The van der Waals surface area contributed by atoms with Crippen LogP contribution in [-0.2, 0) is 11.2 Å². The van der Waals surface area contributed by atoms with Crippen molar-refractivity contribution in [1.82, 2.24) is 14.9 Å². The second kappa shape index (κ2) is 7.09. The Kier molecular flexibility index (Phi) is 4.71. The van der Waals surface area contributed by atoms with Crippen LogP contribution in [0.2, 0.25) is 0 Å². The molecule has 1 saturated heterocycles. The number of nitrogen functional groups attached to an aromatic ring is 1. The van der Waals surface area contributed by atoms with Gasteiger partial charge in [-0.1, -0.05) is 18.2 Å². The van der Waals surface area contributed by atoms with Crippen molar-refractivity contribution in [3.05, 3.63) is 48.3 Å². The molecule has 0 bridgehead atoms. The smallest absolute Gasteiger partial charge is 0.225 e. The summed E-state index contributed by atoms with van der Waals surface area (Å²) in [4.78, 5) is 24.9. The van der Waals surface area contributed by atoms with Crippen LogP contribution < -0.4 is 10.6 Å². The summed E-state index contributed by atoms with van der Waals surface area (Å²) in [5.41, 5.74) is 7.72. The standard InChI is InChI=1S/C17H21N5O/c18-15-5-2-1-4-14(15)6-7-16(23)21-10-12-22(13-11-21)17-19-8-3-9-20-17/h1-5,8-9H,6-7,10-13,18H2. The molecule has 0 unspecified atom stereocenters. The quantitative estimate of drug-likeness (QED) is 0.862. The summed E-state index contributed by atoms with van der Waals surface area (Å²) in [7, 11) is 0. The van der Waals surface area contributed by atoms with E-state index in [1.165, 1.54) is 0 Å². The first-order valence-electron chi connectivity index (χ1n) is 7.87. The van der Waals surface area contributed by atoms with Gasteiger partial charge in [0.15, 0.2) is 0 Å². The molecule has 1 aromatic carbocycles. The molecule has 6 heteroatoms. The second-order valence-corrected chi connectivity index (χ2v) is 5.62. The molecule has 1 aromatic heterocycles. The zero-order valence-corrected chi connectivity index (χ0v) is 13.1. The van der Waals surface area contributed by atoms with Crippen molar-refractivity contribution in [2.75, 3.05) is 36.8 Å². The number of carbonyl (C=O) groups is 1. The van der Waals surface area contributed by atoms with Crippen molar-refractivity contribution in [2.24, 2.45) is 0 Å². The van der Waals surface area contributed by atoms with Crippen LogP contribution in [0.5, 0.6) is 0 Å². The van der Waals surface area contributed by atoms with Crippen LogP contribution in [0.3, 0.4) is 0 Å². The van der Waals surface area contributed by atoms with E-state index in [4.69, 9.17) is 5.73 Å². The fourth-order valence-electron chi connectivity index (χ4n) is 2.77. The monoisotopic (exact) mass is 311 g/mol. The van der Waals surface area contributed by atoms with Crippen molar-refractivity contribution in [3.63, 3.8) is 0 Å². The predicted molar refractivity (Wildman–Crippen MR) is 90.0 cm³/mol. The predicted octanol–water partition coefficient (Wildman–Crippen LogP) is 1.34. The first-order valence-corrected chi connectivity index (χ1v) is 7.87. The van der Waals surface area contributed by atoms with E-state index in [0.717, 1.165) is 30.3 Å². The summed E-state index contributed by atoms with van der Waals surface area (Å²) < 4.78 is 0. The number of anilines is 2. The number of hydrogen-bond donors (Lipinski definition) is 1. The van der Waals surface area contributed by atoms with E-state index in [9.17, 15) is 4.79 Å². The number of carbonyl (C=O) groups excluding carboxylic acids is 1. The summed E-state index contributed by atoms with van der Waals surface area (Å²) in [6.45, 7) is 2.95. The number of aryl methyl sites for hydroxylation is 1. The Labute approximate surface area is 135 Å². The topological polar surface area (TPSA) is 75.4 Å². The van der Waals surface area contributed by atoms with Crippen molar-refractivity contribution < 1.29 is 4.79 Å². The van der Waals surface area contributed by atoms with Crippen LogP contribution >= 0.6 is 0 Å². The van der Waals surface area contributed by atoms with Crippen LogP contribution in [0.15, 0.2) is 42.7 Å². The number of aromatic nitrogens is 2. The summed E-state index contributed by atoms with van der Waals surface area (Å²) >= 11 is 0. The van der Waals surface area contributed by atoms with Crippen LogP contribution in [-0.4, -0.2) is 47.0 Å². The highest BCUT2D eigenvalue weighted by Gasteiger charge is 2.22. The molecule has 0 saturated carbocycles. The van der Waals surface area contributed by atoms with Crippen LogP contribution in [0.4, 0.5) is 11.6 Å². The lowest BCUT2D eigenvalue weighted by molar-refractivity contribution is -0.131. The van der Waals surface area contributed by atoms with Gasteiger partial charge in [-0.05, 0) is 24.1 Å². The van der Waals surface area contributed by atoms with Gasteiger partial charge >= 0.3 is 0 Å². The number of amides is 1. The number of piperazine rings is 1. The summed E-state index contributed by atoms with van der Waals surface area (Å²) in [6.07, 6.45) is 4.66. The van der Waals surface area contributed by atoms with E-state index in [-0.39, 0.29) is 5.91 Å². The van der Waals surface area contributed by atoms with E-state index in [1.807, 2.05) is 29.2 Å². The van der Waals surface area contributed by atoms with Gasteiger partial charge in [-0.3, -0.25) is 4.79 Å². The third kappa shape index (κ3) is 3.77. The van der Waals surface area contributed by atoms with E-state index in [1.54, 1.807) is 18.5 Å². The number of rotatable bonds is 4. The molecule has 1 fully saturated rings. The molecule has 0 atom stereocenters. The molecule has 2 heterocycles. The highest BCUT2D eigenvalue weighted by Crippen LogP contribution is 2.15. The average Bonchev–Trinajstić information content (AvgIpc) is 2.62. The lowest BCUT2D eigenvalue weighted by Gasteiger charge is -2.34. The lowest BCUT2D eigenvalue weighted by Crippen LogP contribution is -2.49. The number of para-hydroxylation sites is 1. The molecule has 1 aliphatic heterocycles. The lowest BCUT2D eigenvalue weighted by atomic mass is 10.1. The molecule has 120 valence electrons. The van der Waals surface area contributed by atoms with Gasteiger partial charge in [-0.25, -0.2) is 9.97 Å². The van der Waals surface area contributed by atoms with E-state index in [2.05, 4.69) is 14.9 Å². The van der Waals surface area contributed by atoms with Crippen LogP contribution in [0.1, 0.15) is 12.0 Å². The Hall–Kier alpha value is -2.63. The van der Waals surface area contributed by atoms with Gasteiger partial charge in [0.1, 0.15) is 0 Å². The minimum Gasteiger partial charge on any atom is -0.399 e. The zero-order chi connectivity index (χ0) is 16.1. The third-order valence-electron chi connectivity index (χ3n) is 4.13. The molecular formula is C17H21N5O. The Morgan fingerprint density at radius 2 is 1.74 bits per heavy atom. The maximum atomic E-state index is 12.4. The molecule has 3 rings (SSSR count). The summed E-state index contributed by atoms with van der Waals surface area (Å²) in [6, 6.07) is 9.52. The van der Waals surface area contributed by atoms with Gasteiger partial charge in [0.25, 0.3) is 0 Å². The fraction of sp³-hybridized carbons (Fsp3) is 0.353. The maximum Gasteiger partial charge on any atom is 0.225 e. The number of nitrogens with two attached hydrogens (primary N) is 1. The van der Waals surface area contributed by atoms with E-state index >= 15 is 0 Å². The first-order chi connectivity index (χ1) is 11.2. The molecule has 2 aromatic rings. The van der Waals surface area contributed by atoms with Crippen LogP contribution in [0, 0.1) is 0 Å². The SMILES string of the molecule is Nc1ccccc1CCC(=O)N1CCN(c2ncccn2)CC1. The van der Waals surface area contributed by atoms with Gasteiger partial charge in [-0.2, -0.15) is 0 Å². The largest absolute Gasteiger partial charge is 0.399 e. The molecule has 2 N–H and O–H groups in total. The molecule has 23 heavy (non-hydrogen) atoms. The Morgan fingerprint density at radius 3 is 2.43 bits per heavy atom. The molecule has 0 radical (unpaired) electrons.